The van der Waals surface area contributed by atoms with Crippen molar-refractivity contribution in [1.29, 1.82) is 0 Å². The maximum Gasteiger partial charge on any atom is 0.315 e. The number of thioether (sulfide) groups is 1. The average Bonchev–Trinajstić information content (AvgIpc) is 1.68. The zero-order valence-corrected chi connectivity index (χ0v) is 59.1. The SMILES string of the molecule is C=N/C1=C(\N(N)CCOCCOC/C=C/C(=O)CCC(=O)N2CCN(Cc3cc4nc(-c5cccc6[nH]ncc56)nc(N5CCOCC5)c4s3)CC2)CCN(C(=O)CCCC(=O)NCCCOCCOCCOCCCNC(=O)CCCC[C@@H]2SC[C@@H]3NC(=O)N[C@@H]32)C[C@H](OC)[C@H]1OC. The molecule has 0 unspecified atom stereocenters. The number of carbonyl (C=O) groups excluding carboxylic acids is 6. The van der Waals surface area contributed by atoms with E-state index < -0.39 is 12.2 Å². The number of aromatic nitrogens is 4. The first-order chi connectivity index (χ1) is 48.4. The number of piperazine rings is 1. The number of ether oxygens (including phenoxy) is 8. The lowest BCUT2D eigenvalue weighted by atomic mass is 10.0. The molecule has 4 saturated heterocycles. The number of nitrogens with two attached hydrogens (primary N) is 1. The molecule has 99 heavy (non-hydrogen) atoms. The second-order valence-corrected chi connectivity index (χ2v) is 27.3. The van der Waals surface area contributed by atoms with Crippen LogP contribution in [0.5, 0.6) is 0 Å². The standard InChI is InChI=1S/C68H101N15O14S2/c1-70-63-55(20-23-82(46-56(90-2)64(63)91-3)60(87)17-7-16-59(86)72-22-10-33-94-39-42-97-41-38-93-32-9-21-71-58(85)15-5-4-14-57-62-54(47-98-57)75-68(89)76-62)83(69)30-36-96-40-37-92-31-8-11-48(84)18-19-61(88)80-26-24-79(25-27-80)45-49-43-53-65(99-49)67(81-28-34-95-35-29-81)77-66(74-53)50-12-6-13-52-51(50)44-73-78-52/h6,8,11-13,43-44,54,56-57,62,64H,1,4-5,7,9-10,14-42,45-47,69H2,2-3H3,(H,71,85)(H,72,86)(H,73,78)(H2,75,76,89)/b11-8+,63-55-/t54-,56-,57-,62-,64+/m0/s1. The molecule has 6 amide bonds. The number of nitrogens with one attached hydrogen (secondary N) is 5. The summed E-state index contributed by atoms with van der Waals surface area (Å²) < 4.78 is 46.8. The first-order valence-electron chi connectivity index (χ1n) is 34.8. The summed E-state index contributed by atoms with van der Waals surface area (Å²) in [6, 6.07) is 8.54. The molecule has 5 aliphatic rings. The van der Waals surface area contributed by atoms with Gasteiger partial charge in [0.1, 0.15) is 12.2 Å². The molecule has 31 heteroatoms. The van der Waals surface area contributed by atoms with E-state index in [-0.39, 0.29) is 113 Å². The maximum absolute atomic E-state index is 13.6. The number of morpholine rings is 1. The maximum atomic E-state index is 13.6. The van der Waals surface area contributed by atoms with Crippen molar-refractivity contribution in [3.05, 3.63) is 58.9 Å². The van der Waals surface area contributed by atoms with Gasteiger partial charge in [0, 0.05) is 165 Å². The number of benzene rings is 1. The fourth-order valence-electron chi connectivity index (χ4n) is 12.6. The number of ketones is 1. The number of urea groups is 1. The van der Waals surface area contributed by atoms with Gasteiger partial charge < -0.3 is 78.9 Å². The summed E-state index contributed by atoms with van der Waals surface area (Å²) in [5.41, 5.74) is 3.91. The Bertz CT molecular complexity index is 3310. The number of aliphatic imine (C=N–C) groups is 1. The van der Waals surface area contributed by atoms with Crippen LogP contribution in [0.1, 0.15) is 81.9 Å². The number of fused-ring (bicyclic) bond motifs is 3. The van der Waals surface area contributed by atoms with E-state index in [1.165, 1.54) is 16.0 Å². The lowest BCUT2D eigenvalue weighted by Crippen LogP contribution is -2.48. The van der Waals surface area contributed by atoms with Gasteiger partial charge in [0.25, 0.3) is 0 Å². The molecule has 0 bridgehead atoms. The minimum atomic E-state index is -0.670. The smallest absolute Gasteiger partial charge is 0.315 e. The number of H-pyrrole nitrogens is 1. The molecule has 29 nitrogen and oxygen atoms in total. The Morgan fingerprint density at radius 2 is 1.49 bits per heavy atom. The highest BCUT2D eigenvalue weighted by Gasteiger charge is 2.43. The van der Waals surface area contributed by atoms with Gasteiger partial charge in [-0.1, -0.05) is 24.6 Å². The Balaban J connectivity index is 0.567. The number of hydrogen-bond donors (Lipinski definition) is 6. The molecule has 4 aromatic rings. The van der Waals surface area contributed by atoms with E-state index in [2.05, 4.69) is 59.0 Å². The predicted octanol–water partition coefficient (Wildman–Crippen LogP) is 3.96. The summed E-state index contributed by atoms with van der Waals surface area (Å²) in [5.74, 6) is 8.77. The van der Waals surface area contributed by atoms with Gasteiger partial charge in [-0.05, 0) is 57.0 Å². The van der Waals surface area contributed by atoms with E-state index in [0.29, 0.717) is 134 Å². The number of aromatic amines is 1. The number of unbranched alkanes of at least 4 members (excludes halogenated alkanes) is 1. The highest BCUT2D eigenvalue weighted by Crippen LogP contribution is 2.37. The van der Waals surface area contributed by atoms with Crippen molar-refractivity contribution in [2.24, 2.45) is 10.8 Å². The van der Waals surface area contributed by atoms with Crippen LogP contribution in [0.4, 0.5) is 10.6 Å². The quantitative estimate of drug-likeness (QED) is 0.00912. The second-order valence-electron chi connectivity index (χ2n) is 24.9. The Morgan fingerprint density at radius 3 is 2.22 bits per heavy atom. The molecule has 0 saturated carbocycles. The van der Waals surface area contributed by atoms with E-state index in [9.17, 15) is 28.8 Å². The fraction of sp³-hybridized carbons (Fsp3) is 0.647. The summed E-state index contributed by atoms with van der Waals surface area (Å²) in [5, 5.41) is 22.1. The summed E-state index contributed by atoms with van der Waals surface area (Å²) in [6.07, 6.45) is 9.66. The predicted molar refractivity (Wildman–Crippen MR) is 378 cm³/mol. The minimum absolute atomic E-state index is 0.0310. The van der Waals surface area contributed by atoms with E-state index in [1.807, 2.05) is 41.1 Å². The fourth-order valence-corrected chi connectivity index (χ4v) is 15.3. The van der Waals surface area contributed by atoms with Gasteiger partial charge in [-0.3, -0.25) is 39.0 Å². The third-order valence-corrected chi connectivity index (χ3v) is 20.7. The Labute approximate surface area is 587 Å². The normalized spacial score (nSPS) is 20.7. The van der Waals surface area contributed by atoms with E-state index in [4.69, 9.17) is 53.7 Å². The number of hydrogen-bond acceptors (Lipinski definition) is 24. The van der Waals surface area contributed by atoms with Crippen LogP contribution in [0.3, 0.4) is 0 Å². The highest BCUT2D eigenvalue weighted by molar-refractivity contribution is 8.00. The lowest BCUT2D eigenvalue weighted by Gasteiger charge is -2.37. The minimum Gasteiger partial charge on any atom is -0.379 e. The molecule has 5 atom stereocenters. The van der Waals surface area contributed by atoms with Crippen molar-refractivity contribution >= 4 is 92.2 Å². The van der Waals surface area contributed by atoms with Crippen LogP contribution in [0, 0.1) is 0 Å². The van der Waals surface area contributed by atoms with Gasteiger partial charge in [0.15, 0.2) is 17.4 Å². The summed E-state index contributed by atoms with van der Waals surface area (Å²) in [4.78, 5) is 100.0. The molecule has 7 N–H and O–H groups in total. The zero-order chi connectivity index (χ0) is 69.6. The Hall–Kier alpha value is -6.75. The van der Waals surface area contributed by atoms with Crippen LogP contribution in [-0.4, -0.2) is 283 Å². The molecule has 9 rings (SSSR count). The zero-order valence-electron chi connectivity index (χ0n) is 57.4. The van der Waals surface area contributed by atoms with Crippen LogP contribution in [0.15, 0.2) is 59.0 Å². The largest absolute Gasteiger partial charge is 0.379 e. The van der Waals surface area contributed by atoms with Gasteiger partial charge in [-0.2, -0.15) is 16.9 Å². The number of hydrazine groups is 1. The summed E-state index contributed by atoms with van der Waals surface area (Å²) in [6.45, 7) is 15.6. The topological polar surface area (TPSA) is 333 Å². The summed E-state index contributed by atoms with van der Waals surface area (Å²) in [7, 11) is 3.09. The van der Waals surface area contributed by atoms with Crippen molar-refractivity contribution in [1.82, 2.24) is 61.1 Å². The first kappa shape index (κ1) is 76.4. The average molecular weight is 1420 g/mol. The van der Waals surface area contributed by atoms with Crippen LogP contribution in [0.2, 0.25) is 0 Å². The highest BCUT2D eigenvalue weighted by atomic mass is 32.2. The Kier molecular flexibility index (Phi) is 31.8. The summed E-state index contributed by atoms with van der Waals surface area (Å²) >= 11 is 3.61. The van der Waals surface area contributed by atoms with Gasteiger partial charge >= 0.3 is 6.03 Å². The van der Waals surface area contributed by atoms with Crippen molar-refractivity contribution < 1.29 is 66.7 Å². The van der Waals surface area contributed by atoms with Crippen LogP contribution in [0.25, 0.3) is 32.5 Å². The molecule has 4 fully saturated rings. The third-order valence-electron chi connectivity index (χ3n) is 18.0. The number of thiophene rings is 1. The monoisotopic (exact) mass is 1420 g/mol. The lowest BCUT2D eigenvalue weighted by molar-refractivity contribution is -0.135. The van der Waals surface area contributed by atoms with Crippen molar-refractivity contribution in [3.63, 3.8) is 0 Å². The van der Waals surface area contributed by atoms with Gasteiger partial charge in [-0.25, -0.2) is 20.6 Å². The molecular weight excluding hydrogens is 1310 g/mol. The Morgan fingerprint density at radius 1 is 0.788 bits per heavy atom. The molecule has 544 valence electrons. The number of carbonyl (C=O) groups is 6. The molecular formula is C68H101N15O14S2. The number of rotatable bonds is 43. The van der Waals surface area contributed by atoms with Crippen LogP contribution >= 0.6 is 23.1 Å². The number of allylic oxidation sites excluding steroid dienone is 1. The van der Waals surface area contributed by atoms with Crippen molar-refractivity contribution in [3.8, 4) is 11.4 Å². The van der Waals surface area contributed by atoms with E-state index in [0.717, 1.165) is 96.7 Å². The van der Waals surface area contributed by atoms with E-state index >= 15 is 0 Å². The third kappa shape index (κ3) is 23.7. The van der Waals surface area contributed by atoms with Crippen molar-refractivity contribution in [2.75, 3.05) is 176 Å². The molecule has 1 aromatic carbocycles. The molecule has 3 aromatic heterocycles. The molecule has 0 spiro atoms. The number of nitrogens with zero attached hydrogens (tertiary/aromatic N) is 9. The van der Waals surface area contributed by atoms with Gasteiger partial charge in [-0.15, -0.1) is 11.3 Å². The number of anilines is 1. The van der Waals surface area contributed by atoms with Crippen LogP contribution < -0.4 is 32.0 Å². The number of amides is 6. The first-order valence-corrected chi connectivity index (χ1v) is 36.7. The van der Waals surface area contributed by atoms with E-state index in [1.54, 1.807) is 36.5 Å². The molecule has 8 heterocycles. The molecule has 0 aliphatic carbocycles. The molecule has 0 radical (unpaired) electrons. The molecule has 5 aliphatic heterocycles. The number of methoxy groups -OCH3 is 2. The second kappa shape index (κ2) is 41.2. The van der Waals surface area contributed by atoms with Gasteiger partial charge in [0.05, 0.1) is 118 Å². The van der Waals surface area contributed by atoms with Crippen LogP contribution in [-0.2, 0) is 68.4 Å². The van der Waals surface area contributed by atoms with Crippen molar-refractivity contribution in [2.45, 2.75) is 113 Å². The van der Waals surface area contributed by atoms with Gasteiger partial charge in [0.2, 0.25) is 23.6 Å².